The first-order valence-electron chi connectivity index (χ1n) is 8.84. The third-order valence-electron chi connectivity index (χ3n) is 4.51. The number of anilines is 1. The fourth-order valence-corrected chi connectivity index (χ4v) is 2.99. The molecule has 1 aromatic carbocycles. The predicted octanol–water partition coefficient (Wildman–Crippen LogP) is 2.79. The number of carbonyl (C=O) groups excluding carboxylic acids is 2. The van der Waals surface area contributed by atoms with Crippen LogP contribution >= 0.6 is 0 Å². The van der Waals surface area contributed by atoms with Gasteiger partial charge in [-0.05, 0) is 55.2 Å². The number of amides is 1. The van der Waals surface area contributed by atoms with Crippen molar-refractivity contribution >= 4 is 17.7 Å². The van der Waals surface area contributed by atoms with Crippen LogP contribution in [-0.4, -0.2) is 37.1 Å². The number of benzene rings is 1. The van der Waals surface area contributed by atoms with Crippen LogP contribution in [0.4, 0.5) is 5.82 Å². The number of aromatic nitrogens is 1. The zero-order chi connectivity index (χ0) is 18.4. The van der Waals surface area contributed by atoms with Crippen LogP contribution in [0, 0.1) is 0 Å². The second-order valence-electron chi connectivity index (χ2n) is 6.32. The highest BCUT2D eigenvalue weighted by Crippen LogP contribution is 2.17. The summed E-state index contributed by atoms with van der Waals surface area (Å²) < 4.78 is 4.65. The Bertz CT molecular complexity index is 751. The fourth-order valence-electron chi connectivity index (χ4n) is 2.99. The van der Waals surface area contributed by atoms with E-state index >= 15 is 0 Å². The van der Waals surface area contributed by atoms with Crippen LogP contribution in [0.5, 0.6) is 0 Å². The van der Waals surface area contributed by atoms with Gasteiger partial charge < -0.3 is 15.0 Å². The normalized spacial score (nSPS) is 14.0. The average Bonchev–Trinajstić information content (AvgIpc) is 2.72. The van der Waals surface area contributed by atoms with E-state index in [1.807, 2.05) is 18.3 Å². The molecule has 0 aliphatic carbocycles. The van der Waals surface area contributed by atoms with Crippen LogP contribution in [0.1, 0.15) is 45.5 Å². The van der Waals surface area contributed by atoms with Gasteiger partial charge in [-0.3, -0.25) is 4.79 Å². The Kier molecular flexibility index (Phi) is 5.84. The van der Waals surface area contributed by atoms with Crippen LogP contribution in [0.3, 0.4) is 0 Å². The summed E-state index contributed by atoms with van der Waals surface area (Å²) in [6.07, 6.45) is 5.54. The Morgan fingerprint density at radius 1 is 1.04 bits per heavy atom. The Hall–Kier alpha value is -2.89. The molecule has 1 fully saturated rings. The van der Waals surface area contributed by atoms with E-state index in [9.17, 15) is 9.59 Å². The summed E-state index contributed by atoms with van der Waals surface area (Å²) in [6.45, 7) is 2.53. The largest absolute Gasteiger partial charge is 0.465 e. The maximum atomic E-state index is 12.2. The van der Waals surface area contributed by atoms with Gasteiger partial charge in [0.05, 0.1) is 12.7 Å². The number of pyridine rings is 1. The molecule has 0 bridgehead atoms. The number of esters is 1. The number of hydrogen-bond donors (Lipinski definition) is 1. The van der Waals surface area contributed by atoms with Crippen LogP contribution in [-0.2, 0) is 11.3 Å². The van der Waals surface area contributed by atoms with E-state index in [1.165, 1.54) is 26.4 Å². The molecule has 1 aliphatic heterocycles. The average molecular weight is 353 g/mol. The van der Waals surface area contributed by atoms with Gasteiger partial charge in [0.15, 0.2) is 0 Å². The van der Waals surface area contributed by atoms with Crippen LogP contribution < -0.4 is 10.2 Å². The van der Waals surface area contributed by atoms with Crippen molar-refractivity contribution in [2.24, 2.45) is 0 Å². The Morgan fingerprint density at radius 3 is 2.35 bits per heavy atom. The van der Waals surface area contributed by atoms with Gasteiger partial charge in [-0.15, -0.1) is 0 Å². The number of nitrogens with zero attached hydrogens (tertiary/aromatic N) is 2. The first-order valence-corrected chi connectivity index (χ1v) is 8.84. The minimum atomic E-state index is -0.420. The summed E-state index contributed by atoms with van der Waals surface area (Å²) in [5.74, 6) is 0.386. The number of carbonyl (C=O) groups is 2. The van der Waals surface area contributed by atoms with E-state index in [0.717, 1.165) is 24.5 Å². The molecule has 0 atom stereocenters. The second kappa shape index (κ2) is 8.47. The molecular weight excluding hydrogens is 330 g/mol. The lowest BCUT2D eigenvalue weighted by molar-refractivity contribution is 0.0600. The van der Waals surface area contributed by atoms with E-state index in [-0.39, 0.29) is 5.91 Å². The standard InChI is InChI=1S/C20H23N3O3/c1-26-20(25)17-8-6-16(7-9-17)19(24)22-14-15-5-10-18(21-13-15)23-11-3-2-4-12-23/h5-10,13H,2-4,11-12,14H2,1H3,(H,22,24). The van der Waals surface area contributed by atoms with E-state index < -0.39 is 5.97 Å². The molecule has 2 aromatic rings. The molecule has 6 nitrogen and oxygen atoms in total. The zero-order valence-electron chi connectivity index (χ0n) is 14.9. The van der Waals surface area contributed by atoms with E-state index in [2.05, 4.69) is 19.9 Å². The van der Waals surface area contributed by atoms with Crippen LogP contribution in [0.15, 0.2) is 42.6 Å². The molecule has 1 aliphatic rings. The quantitative estimate of drug-likeness (QED) is 0.837. The summed E-state index contributed by atoms with van der Waals surface area (Å²) in [5, 5.41) is 2.87. The molecular formula is C20H23N3O3. The highest BCUT2D eigenvalue weighted by Gasteiger charge is 2.12. The minimum absolute atomic E-state index is 0.193. The van der Waals surface area contributed by atoms with Crippen LogP contribution in [0.2, 0.25) is 0 Å². The van der Waals surface area contributed by atoms with Gasteiger partial charge in [0.2, 0.25) is 0 Å². The third kappa shape index (κ3) is 4.39. The van der Waals surface area contributed by atoms with Gasteiger partial charge in [-0.1, -0.05) is 6.07 Å². The molecule has 3 rings (SSSR count). The number of nitrogens with one attached hydrogen (secondary N) is 1. The van der Waals surface area contributed by atoms with Crippen molar-refractivity contribution in [1.82, 2.24) is 10.3 Å². The first kappa shape index (κ1) is 17.9. The molecule has 0 unspecified atom stereocenters. The molecule has 0 saturated carbocycles. The molecule has 136 valence electrons. The van der Waals surface area contributed by atoms with Crippen molar-refractivity contribution in [3.05, 3.63) is 59.3 Å². The van der Waals surface area contributed by atoms with Crippen molar-refractivity contribution in [3.63, 3.8) is 0 Å². The molecule has 1 N–H and O–H groups in total. The predicted molar refractivity (Wildman–Crippen MR) is 99.3 cm³/mol. The monoisotopic (exact) mass is 353 g/mol. The molecule has 0 radical (unpaired) electrons. The maximum Gasteiger partial charge on any atom is 0.337 e. The minimum Gasteiger partial charge on any atom is -0.465 e. The van der Waals surface area contributed by atoms with Crippen LogP contribution in [0.25, 0.3) is 0 Å². The smallest absolute Gasteiger partial charge is 0.337 e. The number of methoxy groups -OCH3 is 1. The summed E-state index contributed by atoms with van der Waals surface area (Å²) >= 11 is 0. The molecule has 1 aromatic heterocycles. The first-order chi connectivity index (χ1) is 12.7. The lowest BCUT2D eigenvalue weighted by Gasteiger charge is -2.27. The van der Waals surface area contributed by atoms with E-state index in [0.29, 0.717) is 17.7 Å². The number of ether oxygens (including phenoxy) is 1. The summed E-state index contributed by atoms with van der Waals surface area (Å²) in [4.78, 5) is 30.5. The molecule has 1 saturated heterocycles. The van der Waals surface area contributed by atoms with Crippen molar-refractivity contribution in [1.29, 1.82) is 0 Å². The van der Waals surface area contributed by atoms with Gasteiger partial charge in [-0.25, -0.2) is 9.78 Å². The van der Waals surface area contributed by atoms with E-state index in [4.69, 9.17) is 0 Å². The Labute approximate surface area is 153 Å². The van der Waals surface area contributed by atoms with Crippen molar-refractivity contribution in [2.45, 2.75) is 25.8 Å². The fraction of sp³-hybridized carbons (Fsp3) is 0.350. The van der Waals surface area contributed by atoms with Gasteiger partial charge in [0.25, 0.3) is 5.91 Å². The van der Waals surface area contributed by atoms with Gasteiger partial charge in [-0.2, -0.15) is 0 Å². The molecule has 2 heterocycles. The zero-order valence-corrected chi connectivity index (χ0v) is 14.9. The van der Waals surface area contributed by atoms with Gasteiger partial charge in [0, 0.05) is 31.4 Å². The van der Waals surface area contributed by atoms with Crippen molar-refractivity contribution < 1.29 is 14.3 Å². The molecule has 1 amide bonds. The number of rotatable bonds is 5. The van der Waals surface area contributed by atoms with Crippen molar-refractivity contribution in [3.8, 4) is 0 Å². The number of piperidine rings is 1. The summed E-state index contributed by atoms with van der Waals surface area (Å²) in [7, 11) is 1.33. The third-order valence-corrected chi connectivity index (χ3v) is 4.51. The van der Waals surface area contributed by atoms with E-state index in [1.54, 1.807) is 24.3 Å². The lowest BCUT2D eigenvalue weighted by atomic mass is 10.1. The topological polar surface area (TPSA) is 71.5 Å². The lowest BCUT2D eigenvalue weighted by Crippen LogP contribution is -2.30. The maximum absolute atomic E-state index is 12.2. The number of hydrogen-bond acceptors (Lipinski definition) is 5. The van der Waals surface area contributed by atoms with Gasteiger partial charge >= 0.3 is 5.97 Å². The van der Waals surface area contributed by atoms with Gasteiger partial charge in [0.1, 0.15) is 5.82 Å². The molecule has 6 heteroatoms. The molecule has 26 heavy (non-hydrogen) atoms. The highest BCUT2D eigenvalue weighted by molar-refractivity contribution is 5.96. The Morgan fingerprint density at radius 2 is 1.73 bits per heavy atom. The SMILES string of the molecule is COC(=O)c1ccc(C(=O)NCc2ccc(N3CCCCC3)nc2)cc1. The van der Waals surface area contributed by atoms with Crippen molar-refractivity contribution in [2.75, 3.05) is 25.1 Å². The second-order valence-corrected chi connectivity index (χ2v) is 6.32. The highest BCUT2D eigenvalue weighted by atomic mass is 16.5. The summed E-state index contributed by atoms with van der Waals surface area (Å²) in [5.41, 5.74) is 1.86. The summed E-state index contributed by atoms with van der Waals surface area (Å²) in [6, 6.07) is 10.4. The molecule has 0 spiro atoms. The Balaban J connectivity index is 1.54.